The Kier molecular flexibility index (Phi) is 2.36. The minimum atomic E-state index is 0.173. The number of fused-ring (bicyclic) bond motifs is 1. The summed E-state index contributed by atoms with van der Waals surface area (Å²) < 4.78 is 0. The molecule has 1 aromatic carbocycles. The number of aryl methyl sites for hydroxylation is 2. The van der Waals surface area contributed by atoms with Crippen LogP contribution in [0.3, 0.4) is 0 Å². The van der Waals surface area contributed by atoms with Crippen LogP contribution in [0.1, 0.15) is 42.5 Å². The summed E-state index contributed by atoms with van der Waals surface area (Å²) in [7, 11) is 0. The van der Waals surface area contributed by atoms with Gasteiger partial charge in [0, 0.05) is 6.04 Å². The first-order chi connectivity index (χ1) is 6.27. The van der Waals surface area contributed by atoms with Gasteiger partial charge in [0.05, 0.1) is 0 Å². The Morgan fingerprint density at radius 2 is 1.85 bits per heavy atom. The van der Waals surface area contributed by atoms with Crippen LogP contribution in [0.4, 0.5) is 0 Å². The highest BCUT2D eigenvalue weighted by atomic mass is 14.6. The van der Waals surface area contributed by atoms with E-state index < -0.39 is 0 Å². The van der Waals surface area contributed by atoms with Crippen LogP contribution >= 0.6 is 0 Å². The van der Waals surface area contributed by atoms with Crippen molar-refractivity contribution in [2.45, 2.75) is 38.6 Å². The van der Waals surface area contributed by atoms with Crippen LogP contribution in [0.15, 0.2) is 18.2 Å². The zero-order valence-electron chi connectivity index (χ0n) is 8.22. The maximum atomic E-state index is 5.85. The summed E-state index contributed by atoms with van der Waals surface area (Å²) in [6.07, 6.45) is 5.20. The fraction of sp³-hybridized carbons (Fsp3) is 0.500. The van der Waals surface area contributed by atoms with Crippen molar-refractivity contribution in [3.8, 4) is 0 Å². The molecule has 2 N–H and O–H groups in total. The molecule has 1 aliphatic carbocycles. The molecule has 0 saturated carbocycles. The van der Waals surface area contributed by atoms with E-state index in [4.69, 9.17) is 5.73 Å². The van der Waals surface area contributed by atoms with E-state index in [0.717, 1.165) is 0 Å². The lowest BCUT2D eigenvalue weighted by molar-refractivity contribution is 0.681. The second kappa shape index (κ2) is 3.51. The quantitative estimate of drug-likeness (QED) is 0.697. The number of hydrogen-bond acceptors (Lipinski definition) is 1. The molecule has 0 spiro atoms. The topological polar surface area (TPSA) is 26.0 Å². The maximum Gasteiger partial charge on any atom is 0.0266 e. The van der Waals surface area contributed by atoms with Crippen LogP contribution in [-0.4, -0.2) is 0 Å². The largest absolute Gasteiger partial charge is 0.324 e. The average Bonchev–Trinajstić information content (AvgIpc) is 2.17. The highest BCUT2D eigenvalue weighted by Gasteiger charge is 2.10. The molecule has 0 radical (unpaired) electrons. The normalized spacial score (nSPS) is 18.0. The molecule has 0 aromatic heterocycles. The third-order valence-electron chi connectivity index (χ3n) is 2.90. The number of hydrogen-bond donors (Lipinski definition) is 1. The van der Waals surface area contributed by atoms with Gasteiger partial charge in [0.15, 0.2) is 0 Å². The Labute approximate surface area is 80.0 Å². The van der Waals surface area contributed by atoms with Crippen molar-refractivity contribution in [1.29, 1.82) is 0 Å². The van der Waals surface area contributed by atoms with Crippen molar-refractivity contribution < 1.29 is 0 Å². The molecule has 0 bridgehead atoms. The molecule has 0 heterocycles. The highest BCUT2D eigenvalue weighted by Crippen LogP contribution is 2.23. The summed E-state index contributed by atoms with van der Waals surface area (Å²) in [6, 6.07) is 6.90. The van der Waals surface area contributed by atoms with Gasteiger partial charge in [-0.15, -0.1) is 0 Å². The SMILES string of the molecule is C[C@H](N)c1ccc2c(c1)CCCC2. The Morgan fingerprint density at radius 3 is 2.54 bits per heavy atom. The van der Waals surface area contributed by atoms with Crippen molar-refractivity contribution in [3.05, 3.63) is 34.9 Å². The predicted molar refractivity (Wildman–Crippen MR) is 55.7 cm³/mol. The first-order valence-electron chi connectivity index (χ1n) is 5.14. The molecule has 0 fully saturated rings. The maximum absolute atomic E-state index is 5.85. The first-order valence-corrected chi connectivity index (χ1v) is 5.14. The Balaban J connectivity index is 2.35. The molecule has 0 amide bonds. The first kappa shape index (κ1) is 8.76. The summed E-state index contributed by atoms with van der Waals surface area (Å²) in [4.78, 5) is 0. The van der Waals surface area contributed by atoms with E-state index >= 15 is 0 Å². The molecular weight excluding hydrogens is 158 g/mol. The minimum absolute atomic E-state index is 0.173. The fourth-order valence-corrected chi connectivity index (χ4v) is 2.04. The number of nitrogens with two attached hydrogens (primary N) is 1. The zero-order valence-corrected chi connectivity index (χ0v) is 8.22. The van der Waals surface area contributed by atoms with Crippen LogP contribution in [0.5, 0.6) is 0 Å². The van der Waals surface area contributed by atoms with Crippen LogP contribution in [0.2, 0.25) is 0 Å². The van der Waals surface area contributed by atoms with Gasteiger partial charge in [-0.05, 0) is 49.3 Å². The van der Waals surface area contributed by atoms with E-state index in [1.165, 1.54) is 42.4 Å². The highest BCUT2D eigenvalue weighted by molar-refractivity contribution is 5.34. The van der Waals surface area contributed by atoms with E-state index in [0.29, 0.717) is 0 Å². The van der Waals surface area contributed by atoms with E-state index in [9.17, 15) is 0 Å². The van der Waals surface area contributed by atoms with Gasteiger partial charge in [-0.2, -0.15) is 0 Å². The third-order valence-corrected chi connectivity index (χ3v) is 2.90. The molecule has 0 unspecified atom stereocenters. The second-order valence-corrected chi connectivity index (χ2v) is 4.02. The van der Waals surface area contributed by atoms with E-state index in [1.54, 1.807) is 0 Å². The molecule has 1 heteroatoms. The molecule has 1 aliphatic rings. The lowest BCUT2D eigenvalue weighted by Gasteiger charge is -2.17. The third kappa shape index (κ3) is 1.75. The Hall–Kier alpha value is -0.820. The minimum Gasteiger partial charge on any atom is -0.324 e. The van der Waals surface area contributed by atoms with Crippen molar-refractivity contribution >= 4 is 0 Å². The lowest BCUT2D eigenvalue weighted by atomic mass is 9.89. The summed E-state index contributed by atoms with van der Waals surface area (Å²) in [5, 5.41) is 0. The number of benzene rings is 1. The van der Waals surface area contributed by atoms with Gasteiger partial charge in [-0.1, -0.05) is 18.2 Å². The van der Waals surface area contributed by atoms with Crippen molar-refractivity contribution in [3.63, 3.8) is 0 Å². The van der Waals surface area contributed by atoms with E-state index in [1.807, 2.05) is 6.92 Å². The Morgan fingerprint density at radius 1 is 1.15 bits per heavy atom. The molecule has 0 aliphatic heterocycles. The van der Waals surface area contributed by atoms with Gasteiger partial charge in [0.25, 0.3) is 0 Å². The molecule has 0 saturated heterocycles. The van der Waals surface area contributed by atoms with E-state index in [2.05, 4.69) is 18.2 Å². The predicted octanol–water partition coefficient (Wildman–Crippen LogP) is 2.59. The van der Waals surface area contributed by atoms with Crippen LogP contribution in [0.25, 0.3) is 0 Å². The van der Waals surface area contributed by atoms with Crippen LogP contribution < -0.4 is 5.73 Å². The molecule has 2 rings (SSSR count). The average molecular weight is 175 g/mol. The monoisotopic (exact) mass is 175 g/mol. The van der Waals surface area contributed by atoms with Crippen LogP contribution in [0, 0.1) is 0 Å². The molecule has 1 aromatic rings. The van der Waals surface area contributed by atoms with Crippen LogP contribution in [-0.2, 0) is 12.8 Å². The van der Waals surface area contributed by atoms with E-state index in [-0.39, 0.29) is 6.04 Å². The van der Waals surface area contributed by atoms with Gasteiger partial charge in [0.1, 0.15) is 0 Å². The zero-order chi connectivity index (χ0) is 9.26. The van der Waals surface area contributed by atoms with Gasteiger partial charge in [0.2, 0.25) is 0 Å². The lowest BCUT2D eigenvalue weighted by Crippen LogP contribution is -2.08. The molecule has 70 valence electrons. The summed E-state index contributed by atoms with van der Waals surface area (Å²) in [6.45, 7) is 2.05. The molecular formula is C12H17N. The van der Waals surface area contributed by atoms with Gasteiger partial charge >= 0.3 is 0 Å². The molecule has 1 nitrogen and oxygen atoms in total. The van der Waals surface area contributed by atoms with Gasteiger partial charge in [-0.3, -0.25) is 0 Å². The summed E-state index contributed by atoms with van der Waals surface area (Å²) >= 11 is 0. The Bertz CT molecular complexity index is 302. The standard InChI is InChI=1S/C12H17N/c1-9(13)11-7-6-10-4-2-3-5-12(10)8-11/h6-9H,2-5,13H2,1H3/t9-/m0/s1. The molecule has 13 heavy (non-hydrogen) atoms. The van der Waals surface area contributed by atoms with Crippen molar-refractivity contribution in [2.75, 3.05) is 0 Å². The van der Waals surface area contributed by atoms with Gasteiger partial charge in [-0.25, -0.2) is 0 Å². The summed E-state index contributed by atoms with van der Waals surface area (Å²) in [5.74, 6) is 0. The summed E-state index contributed by atoms with van der Waals surface area (Å²) in [5.41, 5.74) is 10.2. The number of rotatable bonds is 1. The van der Waals surface area contributed by atoms with Crippen molar-refractivity contribution in [1.82, 2.24) is 0 Å². The van der Waals surface area contributed by atoms with Crippen molar-refractivity contribution in [2.24, 2.45) is 5.73 Å². The molecule has 1 atom stereocenters. The van der Waals surface area contributed by atoms with Gasteiger partial charge < -0.3 is 5.73 Å². The smallest absolute Gasteiger partial charge is 0.0266 e. The fourth-order valence-electron chi connectivity index (χ4n) is 2.04. The second-order valence-electron chi connectivity index (χ2n) is 4.02.